The molecule has 0 spiro atoms. The number of anilines is 1. The van der Waals surface area contributed by atoms with Gasteiger partial charge in [0, 0.05) is 19.1 Å². The highest BCUT2D eigenvalue weighted by Gasteiger charge is 2.22. The number of hydrogen-bond acceptors (Lipinski definition) is 5. The highest BCUT2D eigenvalue weighted by molar-refractivity contribution is 5.30. The van der Waals surface area contributed by atoms with E-state index in [1.807, 2.05) is 0 Å². The monoisotopic (exact) mass is 193 g/mol. The van der Waals surface area contributed by atoms with Crippen molar-refractivity contribution in [2.75, 3.05) is 18.0 Å². The minimum atomic E-state index is 0.382. The van der Waals surface area contributed by atoms with Crippen molar-refractivity contribution in [3.05, 3.63) is 12.4 Å². The molecule has 1 atom stereocenters. The first-order valence-electron chi connectivity index (χ1n) is 5.02. The highest BCUT2D eigenvalue weighted by Crippen LogP contribution is 2.19. The molecular formula is C9H15N5. The van der Waals surface area contributed by atoms with Crippen LogP contribution in [0.3, 0.4) is 0 Å². The van der Waals surface area contributed by atoms with Crippen LogP contribution in [0.4, 0.5) is 5.95 Å². The molecule has 1 unspecified atom stereocenters. The summed E-state index contributed by atoms with van der Waals surface area (Å²) in [6, 6.07) is 0.382. The molecule has 1 aromatic heterocycles. The molecule has 76 valence electrons. The Labute approximate surface area is 83.3 Å². The molecule has 0 bridgehead atoms. The standard InChI is InChI=1S/C9H15N5/c10-7-8-3-1-2-6-14(8)9-11-4-5-12-13-9/h4-5,8H,1-3,6-7,10H2. The smallest absolute Gasteiger partial charge is 0.245 e. The third kappa shape index (κ3) is 1.82. The van der Waals surface area contributed by atoms with Crippen LogP contribution in [0.5, 0.6) is 0 Å². The Morgan fingerprint density at radius 3 is 3.07 bits per heavy atom. The van der Waals surface area contributed by atoms with Gasteiger partial charge in [-0.2, -0.15) is 5.10 Å². The van der Waals surface area contributed by atoms with Gasteiger partial charge in [-0.3, -0.25) is 0 Å². The molecular weight excluding hydrogens is 178 g/mol. The predicted octanol–water partition coefficient (Wildman–Crippen LogP) is 0.189. The number of nitrogens with zero attached hydrogens (tertiary/aromatic N) is 4. The van der Waals surface area contributed by atoms with Gasteiger partial charge in [-0.15, -0.1) is 5.10 Å². The number of nitrogens with two attached hydrogens (primary N) is 1. The molecule has 1 aromatic rings. The summed E-state index contributed by atoms with van der Waals surface area (Å²) < 4.78 is 0. The van der Waals surface area contributed by atoms with Crippen molar-refractivity contribution in [3.8, 4) is 0 Å². The van der Waals surface area contributed by atoms with Gasteiger partial charge in [0.05, 0.1) is 12.4 Å². The summed E-state index contributed by atoms with van der Waals surface area (Å²) in [6.07, 6.45) is 6.83. The molecule has 5 heteroatoms. The number of piperidine rings is 1. The molecule has 0 radical (unpaired) electrons. The lowest BCUT2D eigenvalue weighted by atomic mass is 10.0. The molecule has 2 heterocycles. The molecule has 5 nitrogen and oxygen atoms in total. The zero-order valence-corrected chi connectivity index (χ0v) is 8.13. The quantitative estimate of drug-likeness (QED) is 0.726. The minimum Gasteiger partial charge on any atom is -0.335 e. The first kappa shape index (κ1) is 9.33. The van der Waals surface area contributed by atoms with E-state index in [1.165, 1.54) is 12.8 Å². The lowest BCUT2D eigenvalue weighted by molar-refractivity contribution is 0.456. The molecule has 14 heavy (non-hydrogen) atoms. The molecule has 1 aliphatic rings. The lowest BCUT2D eigenvalue weighted by Crippen LogP contribution is -2.45. The summed E-state index contributed by atoms with van der Waals surface area (Å²) in [5.74, 6) is 0.711. The van der Waals surface area contributed by atoms with Gasteiger partial charge in [0.15, 0.2) is 0 Å². The van der Waals surface area contributed by atoms with Gasteiger partial charge in [0.2, 0.25) is 5.95 Å². The fraction of sp³-hybridized carbons (Fsp3) is 0.667. The molecule has 2 rings (SSSR count). The second kappa shape index (κ2) is 4.32. The summed E-state index contributed by atoms with van der Waals surface area (Å²) >= 11 is 0. The van der Waals surface area contributed by atoms with E-state index in [4.69, 9.17) is 5.73 Å². The summed E-state index contributed by atoms with van der Waals surface area (Å²) in [7, 11) is 0. The van der Waals surface area contributed by atoms with Crippen molar-refractivity contribution >= 4 is 5.95 Å². The topological polar surface area (TPSA) is 67.9 Å². The van der Waals surface area contributed by atoms with Gasteiger partial charge >= 0.3 is 0 Å². The molecule has 2 N–H and O–H groups in total. The minimum absolute atomic E-state index is 0.382. The number of aromatic nitrogens is 3. The fourth-order valence-corrected chi connectivity index (χ4v) is 1.88. The van der Waals surface area contributed by atoms with E-state index in [1.54, 1.807) is 12.4 Å². The third-order valence-electron chi connectivity index (χ3n) is 2.63. The van der Waals surface area contributed by atoms with E-state index in [-0.39, 0.29) is 0 Å². The van der Waals surface area contributed by atoms with Gasteiger partial charge in [-0.25, -0.2) is 4.98 Å². The Morgan fingerprint density at radius 2 is 2.36 bits per heavy atom. The molecule has 1 aliphatic heterocycles. The zero-order valence-electron chi connectivity index (χ0n) is 8.13. The molecule has 0 saturated carbocycles. The Kier molecular flexibility index (Phi) is 2.88. The van der Waals surface area contributed by atoms with Crippen molar-refractivity contribution in [2.45, 2.75) is 25.3 Å². The Morgan fingerprint density at radius 1 is 1.43 bits per heavy atom. The van der Waals surface area contributed by atoms with Crippen LogP contribution in [0.2, 0.25) is 0 Å². The van der Waals surface area contributed by atoms with Gasteiger partial charge in [-0.1, -0.05) is 0 Å². The zero-order chi connectivity index (χ0) is 9.80. The average Bonchev–Trinajstić information content (AvgIpc) is 2.30. The third-order valence-corrected chi connectivity index (χ3v) is 2.63. The van der Waals surface area contributed by atoms with Gasteiger partial charge in [-0.05, 0) is 19.3 Å². The summed E-state index contributed by atoms with van der Waals surface area (Å²) in [5.41, 5.74) is 5.71. The second-order valence-corrected chi connectivity index (χ2v) is 3.52. The number of hydrogen-bond donors (Lipinski definition) is 1. The van der Waals surface area contributed by atoms with Crippen LogP contribution in [0, 0.1) is 0 Å². The first-order chi connectivity index (χ1) is 6.92. The first-order valence-corrected chi connectivity index (χ1v) is 5.02. The molecule has 0 aromatic carbocycles. The van der Waals surface area contributed by atoms with E-state index in [2.05, 4.69) is 20.1 Å². The van der Waals surface area contributed by atoms with Crippen LogP contribution in [-0.2, 0) is 0 Å². The molecule has 1 fully saturated rings. The van der Waals surface area contributed by atoms with Crippen LogP contribution in [0.15, 0.2) is 12.4 Å². The SMILES string of the molecule is NCC1CCCCN1c1nccnn1. The van der Waals surface area contributed by atoms with Crippen molar-refractivity contribution in [3.63, 3.8) is 0 Å². The van der Waals surface area contributed by atoms with Gasteiger partial charge in [0.1, 0.15) is 0 Å². The second-order valence-electron chi connectivity index (χ2n) is 3.52. The van der Waals surface area contributed by atoms with Crippen LogP contribution >= 0.6 is 0 Å². The predicted molar refractivity (Wildman–Crippen MR) is 53.9 cm³/mol. The van der Waals surface area contributed by atoms with Crippen LogP contribution in [0.25, 0.3) is 0 Å². The average molecular weight is 193 g/mol. The van der Waals surface area contributed by atoms with E-state index in [0.29, 0.717) is 18.5 Å². The van der Waals surface area contributed by atoms with Crippen molar-refractivity contribution in [1.29, 1.82) is 0 Å². The highest BCUT2D eigenvalue weighted by atomic mass is 15.3. The molecule has 1 saturated heterocycles. The van der Waals surface area contributed by atoms with E-state index < -0.39 is 0 Å². The maximum absolute atomic E-state index is 5.71. The maximum Gasteiger partial charge on any atom is 0.245 e. The van der Waals surface area contributed by atoms with Crippen LogP contribution < -0.4 is 10.6 Å². The summed E-state index contributed by atoms with van der Waals surface area (Å²) in [6.45, 7) is 1.66. The Bertz CT molecular complexity index is 276. The largest absolute Gasteiger partial charge is 0.335 e. The van der Waals surface area contributed by atoms with Gasteiger partial charge in [0.25, 0.3) is 0 Å². The lowest BCUT2D eigenvalue weighted by Gasteiger charge is -2.34. The van der Waals surface area contributed by atoms with Gasteiger partial charge < -0.3 is 10.6 Å². The van der Waals surface area contributed by atoms with Crippen LogP contribution in [0.1, 0.15) is 19.3 Å². The normalized spacial score (nSPS) is 22.4. The van der Waals surface area contributed by atoms with Crippen molar-refractivity contribution < 1.29 is 0 Å². The van der Waals surface area contributed by atoms with E-state index in [9.17, 15) is 0 Å². The summed E-state index contributed by atoms with van der Waals surface area (Å²) in [4.78, 5) is 6.36. The maximum atomic E-state index is 5.71. The fourth-order valence-electron chi connectivity index (χ4n) is 1.88. The summed E-state index contributed by atoms with van der Waals surface area (Å²) in [5, 5.41) is 7.84. The Balaban J connectivity index is 2.15. The van der Waals surface area contributed by atoms with Crippen LogP contribution in [-0.4, -0.2) is 34.3 Å². The molecule has 0 aliphatic carbocycles. The number of rotatable bonds is 2. The van der Waals surface area contributed by atoms with E-state index >= 15 is 0 Å². The van der Waals surface area contributed by atoms with E-state index in [0.717, 1.165) is 13.0 Å². The van der Waals surface area contributed by atoms with Crippen molar-refractivity contribution in [2.24, 2.45) is 5.73 Å². The van der Waals surface area contributed by atoms with Crippen molar-refractivity contribution in [1.82, 2.24) is 15.2 Å². The Hall–Kier alpha value is -1.23. The molecule has 0 amide bonds.